The van der Waals surface area contributed by atoms with Gasteiger partial charge in [0.1, 0.15) is 0 Å². The number of H-pyrrole nitrogens is 2. The molecular formula is C14H22N4O. The van der Waals surface area contributed by atoms with Crippen LogP contribution < -0.4 is 16.7 Å². The van der Waals surface area contributed by atoms with E-state index in [2.05, 4.69) is 29.1 Å². The summed E-state index contributed by atoms with van der Waals surface area (Å²) in [6.45, 7) is 5.88. The van der Waals surface area contributed by atoms with Crippen LogP contribution in [0.3, 0.4) is 0 Å². The topological polar surface area (TPSA) is 86.7 Å². The van der Waals surface area contributed by atoms with Gasteiger partial charge in [0.05, 0.1) is 11.0 Å². The fourth-order valence-corrected chi connectivity index (χ4v) is 2.23. The Hall–Kier alpha value is -1.59. The molecule has 0 amide bonds. The Morgan fingerprint density at radius 2 is 2.00 bits per heavy atom. The van der Waals surface area contributed by atoms with Crippen LogP contribution in [0.4, 0.5) is 0 Å². The Morgan fingerprint density at radius 1 is 1.26 bits per heavy atom. The Kier molecular flexibility index (Phi) is 4.39. The lowest BCUT2D eigenvalue weighted by atomic mass is 10.0. The number of rotatable bonds is 6. The minimum atomic E-state index is -0.159. The van der Waals surface area contributed by atoms with E-state index in [1.54, 1.807) is 0 Å². The summed E-state index contributed by atoms with van der Waals surface area (Å²) in [6.07, 6.45) is 0.923. The van der Waals surface area contributed by atoms with E-state index < -0.39 is 0 Å². The van der Waals surface area contributed by atoms with Gasteiger partial charge in [0.15, 0.2) is 0 Å². The Balaban J connectivity index is 1.96. The van der Waals surface area contributed by atoms with E-state index in [1.165, 1.54) is 5.56 Å². The number of nitrogens with two attached hydrogens (primary N) is 1. The van der Waals surface area contributed by atoms with Crippen LogP contribution in [0.15, 0.2) is 23.0 Å². The van der Waals surface area contributed by atoms with E-state index >= 15 is 0 Å². The van der Waals surface area contributed by atoms with Crippen LogP contribution in [-0.2, 0) is 6.42 Å². The second-order valence-corrected chi connectivity index (χ2v) is 5.25. The van der Waals surface area contributed by atoms with Crippen molar-refractivity contribution in [3.8, 4) is 0 Å². The molecule has 0 saturated carbocycles. The van der Waals surface area contributed by atoms with Crippen LogP contribution in [0.5, 0.6) is 0 Å². The molecular weight excluding hydrogens is 240 g/mol. The summed E-state index contributed by atoms with van der Waals surface area (Å²) in [6, 6.07) is 6.35. The minimum absolute atomic E-state index is 0.159. The van der Waals surface area contributed by atoms with Crippen molar-refractivity contribution in [2.75, 3.05) is 13.1 Å². The van der Waals surface area contributed by atoms with Gasteiger partial charge in [0.25, 0.3) is 0 Å². The molecule has 0 aliphatic carbocycles. The van der Waals surface area contributed by atoms with Crippen molar-refractivity contribution >= 4 is 11.0 Å². The molecule has 1 unspecified atom stereocenters. The quantitative estimate of drug-likeness (QED) is 0.625. The second kappa shape index (κ2) is 6.04. The van der Waals surface area contributed by atoms with Crippen molar-refractivity contribution in [3.05, 3.63) is 34.2 Å². The summed E-state index contributed by atoms with van der Waals surface area (Å²) >= 11 is 0. The van der Waals surface area contributed by atoms with Crippen molar-refractivity contribution in [2.24, 2.45) is 11.7 Å². The molecule has 2 rings (SSSR count). The SMILES string of the molecule is CC(C)C(CN)NCCc1ccc2[nH]c(=O)[nH]c2c1. The molecule has 0 radical (unpaired) electrons. The van der Waals surface area contributed by atoms with E-state index in [0.717, 1.165) is 24.0 Å². The molecule has 5 N–H and O–H groups in total. The lowest BCUT2D eigenvalue weighted by molar-refractivity contribution is 0.409. The van der Waals surface area contributed by atoms with Crippen LogP contribution in [0.25, 0.3) is 11.0 Å². The van der Waals surface area contributed by atoms with Crippen LogP contribution in [-0.4, -0.2) is 29.1 Å². The number of hydrogen-bond donors (Lipinski definition) is 4. The van der Waals surface area contributed by atoms with E-state index in [0.29, 0.717) is 18.5 Å². The molecule has 1 heterocycles. The largest absolute Gasteiger partial charge is 0.329 e. The van der Waals surface area contributed by atoms with Crippen molar-refractivity contribution < 1.29 is 0 Å². The number of fused-ring (bicyclic) bond motifs is 1. The predicted octanol–water partition coefficient (Wildman–Crippen LogP) is 0.972. The van der Waals surface area contributed by atoms with Crippen LogP contribution in [0.1, 0.15) is 19.4 Å². The van der Waals surface area contributed by atoms with Gasteiger partial charge in [-0.05, 0) is 36.6 Å². The molecule has 1 aromatic heterocycles. The molecule has 1 aromatic carbocycles. The van der Waals surface area contributed by atoms with Gasteiger partial charge in [-0.2, -0.15) is 0 Å². The summed E-state index contributed by atoms with van der Waals surface area (Å²) in [5.74, 6) is 0.536. The van der Waals surface area contributed by atoms with Gasteiger partial charge in [-0.1, -0.05) is 19.9 Å². The number of nitrogens with one attached hydrogen (secondary N) is 3. The fraction of sp³-hybridized carbons (Fsp3) is 0.500. The first-order valence-electron chi connectivity index (χ1n) is 6.74. The Labute approximate surface area is 112 Å². The molecule has 104 valence electrons. The molecule has 0 fully saturated rings. The molecule has 2 aromatic rings. The first kappa shape index (κ1) is 13.8. The van der Waals surface area contributed by atoms with Gasteiger partial charge in [-0.3, -0.25) is 0 Å². The highest BCUT2D eigenvalue weighted by atomic mass is 16.1. The number of aromatic nitrogens is 2. The molecule has 19 heavy (non-hydrogen) atoms. The molecule has 5 nitrogen and oxygen atoms in total. The number of benzene rings is 1. The highest BCUT2D eigenvalue weighted by Gasteiger charge is 2.09. The second-order valence-electron chi connectivity index (χ2n) is 5.25. The standard InChI is InChI=1S/C14H22N4O/c1-9(2)13(8-15)16-6-5-10-3-4-11-12(7-10)18-14(19)17-11/h3-4,7,9,13,16H,5-6,8,15H2,1-2H3,(H2,17,18,19). The highest BCUT2D eigenvalue weighted by Crippen LogP contribution is 2.10. The molecule has 0 saturated heterocycles. The smallest absolute Gasteiger partial charge is 0.323 e. The van der Waals surface area contributed by atoms with Crippen molar-refractivity contribution in [2.45, 2.75) is 26.3 Å². The summed E-state index contributed by atoms with van der Waals surface area (Å²) in [5, 5.41) is 3.47. The monoisotopic (exact) mass is 262 g/mol. The average molecular weight is 262 g/mol. The van der Waals surface area contributed by atoms with E-state index in [4.69, 9.17) is 5.73 Å². The normalized spacial score (nSPS) is 13.3. The first-order chi connectivity index (χ1) is 9.10. The van der Waals surface area contributed by atoms with E-state index in [1.807, 2.05) is 18.2 Å². The molecule has 5 heteroatoms. The zero-order valence-electron chi connectivity index (χ0n) is 11.5. The van der Waals surface area contributed by atoms with Gasteiger partial charge >= 0.3 is 5.69 Å². The van der Waals surface area contributed by atoms with Gasteiger partial charge in [-0.25, -0.2) is 4.79 Å². The predicted molar refractivity (Wildman–Crippen MR) is 78.3 cm³/mol. The zero-order chi connectivity index (χ0) is 13.8. The lowest BCUT2D eigenvalue weighted by Crippen LogP contribution is -2.41. The number of aromatic amines is 2. The maximum absolute atomic E-state index is 11.2. The van der Waals surface area contributed by atoms with Crippen molar-refractivity contribution in [1.29, 1.82) is 0 Å². The fourth-order valence-electron chi connectivity index (χ4n) is 2.23. The van der Waals surface area contributed by atoms with Crippen LogP contribution >= 0.6 is 0 Å². The van der Waals surface area contributed by atoms with Gasteiger partial charge < -0.3 is 21.0 Å². The summed E-state index contributed by atoms with van der Waals surface area (Å²) < 4.78 is 0. The summed E-state index contributed by atoms with van der Waals surface area (Å²) in [4.78, 5) is 16.7. The van der Waals surface area contributed by atoms with E-state index in [-0.39, 0.29) is 5.69 Å². The Bertz CT molecular complexity index is 584. The molecule has 0 aliphatic heterocycles. The Morgan fingerprint density at radius 3 is 2.68 bits per heavy atom. The lowest BCUT2D eigenvalue weighted by Gasteiger charge is -2.20. The number of hydrogen-bond acceptors (Lipinski definition) is 3. The molecule has 0 spiro atoms. The maximum Gasteiger partial charge on any atom is 0.323 e. The first-order valence-corrected chi connectivity index (χ1v) is 6.74. The van der Waals surface area contributed by atoms with Crippen LogP contribution in [0, 0.1) is 5.92 Å². The molecule has 0 bridgehead atoms. The summed E-state index contributed by atoms with van der Waals surface area (Å²) in [5.41, 5.74) is 8.48. The summed E-state index contributed by atoms with van der Waals surface area (Å²) in [7, 11) is 0. The van der Waals surface area contributed by atoms with Gasteiger partial charge in [-0.15, -0.1) is 0 Å². The van der Waals surface area contributed by atoms with Crippen molar-refractivity contribution in [3.63, 3.8) is 0 Å². The highest BCUT2D eigenvalue weighted by molar-refractivity contribution is 5.74. The van der Waals surface area contributed by atoms with E-state index in [9.17, 15) is 4.79 Å². The zero-order valence-corrected chi connectivity index (χ0v) is 11.5. The molecule has 0 aliphatic rings. The third-order valence-electron chi connectivity index (χ3n) is 3.46. The average Bonchev–Trinajstić information content (AvgIpc) is 2.73. The maximum atomic E-state index is 11.2. The number of imidazole rings is 1. The van der Waals surface area contributed by atoms with Crippen LogP contribution in [0.2, 0.25) is 0 Å². The molecule has 1 atom stereocenters. The third kappa shape index (κ3) is 3.45. The minimum Gasteiger partial charge on any atom is -0.329 e. The van der Waals surface area contributed by atoms with Crippen molar-refractivity contribution in [1.82, 2.24) is 15.3 Å². The van der Waals surface area contributed by atoms with Gasteiger partial charge in [0.2, 0.25) is 0 Å². The third-order valence-corrected chi connectivity index (χ3v) is 3.46. The van der Waals surface area contributed by atoms with Gasteiger partial charge in [0, 0.05) is 12.6 Å².